The van der Waals surface area contributed by atoms with Crippen LogP contribution in [0.2, 0.25) is 10.0 Å². The molecule has 0 aliphatic rings. The van der Waals surface area contributed by atoms with Crippen molar-refractivity contribution in [1.82, 2.24) is 19.3 Å². The molecule has 0 radical (unpaired) electrons. The summed E-state index contributed by atoms with van der Waals surface area (Å²) in [5.41, 5.74) is 9.23. The van der Waals surface area contributed by atoms with Crippen LogP contribution < -0.4 is 5.73 Å². The Morgan fingerprint density at radius 2 is 2.00 bits per heavy atom. The molecular weight excluding hydrogens is 377 g/mol. The van der Waals surface area contributed by atoms with Crippen LogP contribution in [0.1, 0.15) is 12.6 Å². The summed E-state index contributed by atoms with van der Waals surface area (Å²) in [6.45, 7) is 2.03. The summed E-state index contributed by atoms with van der Waals surface area (Å²) in [5, 5.41) is 5.31. The smallest absolute Gasteiger partial charge is 0.207 e. The van der Waals surface area contributed by atoms with Crippen molar-refractivity contribution < 1.29 is 0 Å². The van der Waals surface area contributed by atoms with E-state index in [4.69, 9.17) is 28.9 Å². The van der Waals surface area contributed by atoms with E-state index in [0.29, 0.717) is 21.7 Å². The van der Waals surface area contributed by atoms with Crippen molar-refractivity contribution in [3.63, 3.8) is 0 Å². The van der Waals surface area contributed by atoms with Crippen LogP contribution in [0.25, 0.3) is 16.9 Å². The van der Waals surface area contributed by atoms with E-state index in [1.807, 2.05) is 26.1 Å². The minimum Gasteiger partial charge on any atom is -0.369 e. The lowest BCUT2D eigenvalue weighted by Crippen LogP contribution is -2.05. The number of hydrogen-bond acceptors (Lipinski definition) is 3. The zero-order valence-corrected chi connectivity index (χ0v) is 14.5. The number of hydrogen-bond donors (Lipinski definition) is 1. The van der Waals surface area contributed by atoms with Crippen LogP contribution in [0.5, 0.6) is 0 Å². The standard InChI is InChI=1S/C13H12BrCl2N5/c1-3-7-11-12(20(2)19-7)21(13(17)18-11)8-5-4-6(14)9(15)10(8)16/h4-5H,3H2,1-2H3,(H2,17,18). The number of nitrogens with two attached hydrogens (primary N) is 1. The van der Waals surface area contributed by atoms with Crippen molar-refractivity contribution in [2.75, 3.05) is 5.73 Å². The van der Waals surface area contributed by atoms with Crippen molar-refractivity contribution >= 4 is 56.2 Å². The van der Waals surface area contributed by atoms with Gasteiger partial charge in [0, 0.05) is 11.5 Å². The highest BCUT2D eigenvalue weighted by Gasteiger charge is 2.20. The number of nitrogen functional groups attached to an aromatic ring is 1. The minimum absolute atomic E-state index is 0.355. The monoisotopic (exact) mass is 387 g/mol. The molecule has 2 aromatic heterocycles. The predicted octanol–water partition coefficient (Wildman–Crippen LogP) is 3.97. The topological polar surface area (TPSA) is 61.7 Å². The van der Waals surface area contributed by atoms with Crippen molar-refractivity contribution in [1.29, 1.82) is 0 Å². The van der Waals surface area contributed by atoms with Gasteiger partial charge in [-0.05, 0) is 34.5 Å². The van der Waals surface area contributed by atoms with Gasteiger partial charge in [-0.2, -0.15) is 5.10 Å². The number of imidazole rings is 1. The molecule has 0 spiro atoms. The van der Waals surface area contributed by atoms with Gasteiger partial charge >= 0.3 is 0 Å². The van der Waals surface area contributed by atoms with Gasteiger partial charge in [0.05, 0.1) is 21.4 Å². The summed E-state index contributed by atoms with van der Waals surface area (Å²) < 4.78 is 4.25. The van der Waals surface area contributed by atoms with Gasteiger partial charge in [-0.3, -0.25) is 4.57 Å². The molecule has 0 fully saturated rings. The molecular formula is C13H12BrCl2N5. The molecule has 3 rings (SSSR count). The number of aromatic nitrogens is 4. The van der Waals surface area contributed by atoms with E-state index in [1.54, 1.807) is 9.25 Å². The molecule has 3 aromatic rings. The van der Waals surface area contributed by atoms with Gasteiger partial charge in [0.1, 0.15) is 5.52 Å². The Hall–Kier alpha value is -1.24. The second-order valence-electron chi connectivity index (χ2n) is 4.60. The normalized spacial score (nSPS) is 11.5. The van der Waals surface area contributed by atoms with E-state index in [1.165, 1.54) is 0 Å². The van der Waals surface area contributed by atoms with Crippen LogP contribution in [0.15, 0.2) is 16.6 Å². The van der Waals surface area contributed by atoms with Gasteiger partial charge in [-0.1, -0.05) is 30.1 Å². The molecule has 2 N–H and O–H groups in total. The molecule has 2 heterocycles. The lowest BCUT2D eigenvalue weighted by atomic mass is 10.3. The number of aryl methyl sites for hydroxylation is 2. The molecule has 0 saturated carbocycles. The highest BCUT2D eigenvalue weighted by atomic mass is 79.9. The first-order valence-electron chi connectivity index (χ1n) is 6.29. The quantitative estimate of drug-likeness (QED) is 0.675. The van der Waals surface area contributed by atoms with Crippen molar-refractivity contribution in [2.24, 2.45) is 7.05 Å². The van der Waals surface area contributed by atoms with Gasteiger partial charge in [0.15, 0.2) is 5.65 Å². The predicted molar refractivity (Wildman–Crippen MR) is 89.3 cm³/mol. The average Bonchev–Trinajstić information content (AvgIpc) is 2.94. The van der Waals surface area contributed by atoms with Crippen molar-refractivity contribution in [3.8, 4) is 5.69 Å². The van der Waals surface area contributed by atoms with E-state index in [0.717, 1.165) is 27.8 Å². The van der Waals surface area contributed by atoms with Crippen LogP contribution in [-0.4, -0.2) is 19.3 Å². The third-order valence-corrected chi connectivity index (χ3v) is 5.08. The fraction of sp³-hybridized carbons (Fsp3) is 0.231. The Morgan fingerprint density at radius 1 is 1.29 bits per heavy atom. The number of anilines is 1. The summed E-state index contributed by atoms with van der Waals surface area (Å²) in [4.78, 5) is 4.42. The number of benzene rings is 1. The maximum Gasteiger partial charge on any atom is 0.207 e. The third kappa shape index (κ3) is 2.13. The minimum atomic E-state index is 0.355. The van der Waals surface area contributed by atoms with E-state index >= 15 is 0 Å². The molecule has 0 saturated heterocycles. The molecule has 1 aromatic carbocycles. The summed E-state index contributed by atoms with van der Waals surface area (Å²) in [5.74, 6) is 0.355. The molecule has 8 heteroatoms. The van der Waals surface area contributed by atoms with Crippen molar-refractivity contribution in [2.45, 2.75) is 13.3 Å². The van der Waals surface area contributed by atoms with Crippen LogP contribution in [0, 0.1) is 0 Å². The molecule has 5 nitrogen and oxygen atoms in total. The fourth-order valence-electron chi connectivity index (χ4n) is 2.36. The average molecular weight is 389 g/mol. The molecule has 0 bridgehead atoms. The Bertz CT molecular complexity index is 852. The lowest BCUT2D eigenvalue weighted by Gasteiger charge is -2.11. The Balaban J connectivity index is 2.38. The van der Waals surface area contributed by atoms with Crippen LogP contribution in [-0.2, 0) is 13.5 Å². The summed E-state index contributed by atoms with van der Waals surface area (Å²) in [6, 6.07) is 3.67. The second-order valence-corrected chi connectivity index (χ2v) is 6.21. The molecule has 21 heavy (non-hydrogen) atoms. The highest BCUT2D eigenvalue weighted by Crippen LogP contribution is 2.37. The Labute approximate surface area is 139 Å². The Kier molecular flexibility index (Phi) is 3.63. The van der Waals surface area contributed by atoms with E-state index < -0.39 is 0 Å². The summed E-state index contributed by atoms with van der Waals surface area (Å²) >= 11 is 15.9. The molecule has 0 aliphatic carbocycles. The third-order valence-electron chi connectivity index (χ3n) is 3.32. The fourth-order valence-corrected chi connectivity index (χ4v) is 3.21. The zero-order valence-electron chi connectivity index (χ0n) is 11.4. The first-order valence-corrected chi connectivity index (χ1v) is 7.84. The molecule has 0 unspecified atom stereocenters. The number of nitrogens with zero attached hydrogens (tertiary/aromatic N) is 4. The zero-order chi connectivity index (χ0) is 15.3. The van der Waals surface area contributed by atoms with Gasteiger partial charge < -0.3 is 5.73 Å². The number of halogens is 3. The van der Waals surface area contributed by atoms with Gasteiger partial charge in [-0.25, -0.2) is 9.67 Å². The van der Waals surface area contributed by atoms with Crippen LogP contribution in [0.3, 0.4) is 0 Å². The van der Waals surface area contributed by atoms with Gasteiger partial charge in [0.25, 0.3) is 0 Å². The summed E-state index contributed by atoms with van der Waals surface area (Å²) in [7, 11) is 1.85. The number of rotatable bonds is 2. The maximum absolute atomic E-state index is 6.36. The number of fused-ring (bicyclic) bond motifs is 1. The Morgan fingerprint density at radius 3 is 2.67 bits per heavy atom. The van der Waals surface area contributed by atoms with Crippen LogP contribution in [0.4, 0.5) is 5.95 Å². The highest BCUT2D eigenvalue weighted by molar-refractivity contribution is 9.10. The molecule has 0 aliphatic heterocycles. The van der Waals surface area contributed by atoms with E-state index in [-0.39, 0.29) is 0 Å². The van der Waals surface area contributed by atoms with E-state index in [9.17, 15) is 0 Å². The van der Waals surface area contributed by atoms with Crippen LogP contribution >= 0.6 is 39.1 Å². The van der Waals surface area contributed by atoms with E-state index in [2.05, 4.69) is 26.0 Å². The first kappa shape index (κ1) is 14.7. The molecule has 0 amide bonds. The van der Waals surface area contributed by atoms with Crippen molar-refractivity contribution in [3.05, 3.63) is 32.3 Å². The SMILES string of the molecule is CCc1nn(C)c2c1nc(N)n2-c1ccc(Br)c(Cl)c1Cl. The second kappa shape index (κ2) is 5.19. The first-order chi connectivity index (χ1) is 9.95. The van der Waals surface area contributed by atoms with Gasteiger partial charge in [0.2, 0.25) is 5.95 Å². The molecule has 110 valence electrons. The molecule has 0 atom stereocenters. The maximum atomic E-state index is 6.36. The van der Waals surface area contributed by atoms with Gasteiger partial charge in [-0.15, -0.1) is 0 Å². The largest absolute Gasteiger partial charge is 0.369 e. The lowest BCUT2D eigenvalue weighted by molar-refractivity contribution is 0.751. The summed E-state index contributed by atoms with van der Waals surface area (Å²) in [6.07, 6.45) is 0.780.